The molecule has 2 atom stereocenters. The average Bonchev–Trinajstić information content (AvgIpc) is 3.66. The topological polar surface area (TPSA) is 21.6 Å². The fraction of sp³-hybridized carbons (Fsp3) is 0.510. The zero-order valence-electron chi connectivity index (χ0n) is 38.3. The van der Waals surface area contributed by atoms with Gasteiger partial charge in [0.15, 0.2) is 0 Å². The lowest BCUT2D eigenvalue weighted by atomic mass is 9.95. The summed E-state index contributed by atoms with van der Waals surface area (Å²) in [5, 5.41) is 1.24. The van der Waals surface area contributed by atoms with Crippen LogP contribution < -0.4 is 5.30 Å². The summed E-state index contributed by atoms with van der Waals surface area (Å²) in [5.74, 6) is 1.30. The Morgan fingerprint density at radius 3 is 1.52 bits per heavy atom. The Morgan fingerprint density at radius 2 is 1.10 bits per heavy atom. The second-order valence-corrected chi connectivity index (χ2v) is 41.5. The molecule has 0 N–H and O–H groups in total. The molecule has 1 unspecified atom stereocenters. The van der Waals surface area contributed by atoms with Crippen molar-refractivity contribution in [2.24, 2.45) is 10.9 Å². The predicted molar refractivity (Wildman–Crippen MR) is 278 cm³/mol. The molecular formula is C51H82NOPSi4. The minimum Gasteiger partial charge on any atom is -0.475 e. The van der Waals surface area contributed by atoms with E-state index in [4.69, 9.17) is 9.73 Å². The number of rotatable bonds is 25. The van der Waals surface area contributed by atoms with Gasteiger partial charge in [0.2, 0.25) is 5.90 Å². The van der Waals surface area contributed by atoms with Crippen LogP contribution in [0.4, 0.5) is 0 Å². The van der Waals surface area contributed by atoms with E-state index in [-0.39, 0.29) is 6.04 Å². The molecule has 4 rings (SSSR count). The van der Waals surface area contributed by atoms with Crippen molar-refractivity contribution >= 4 is 52.7 Å². The predicted octanol–water partition coefficient (Wildman–Crippen LogP) is 15.6. The van der Waals surface area contributed by atoms with Crippen LogP contribution in [0.15, 0.2) is 122 Å². The highest BCUT2D eigenvalue weighted by Crippen LogP contribution is 2.38. The third kappa shape index (κ3) is 18.1. The van der Waals surface area contributed by atoms with Crippen molar-refractivity contribution in [2.75, 3.05) is 6.61 Å². The van der Waals surface area contributed by atoms with Crippen LogP contribution in [0.1, 0.15) is 50.7 Å². The minimum absolute atomic E-state index is 0.237. The Balaban J connectivity index is 0.00000116. The van der Waals surface area contributed by atoms with Gasteiger partial charge in [0.1, 0.15) is 6.61 Å². The Bertz CT molecular complexity index is 1630. The van der Waals surface area contributed by atoms with Gasteiger partial charge in [-0.2, -0.15) is 0 Å². The zero-order chi connectivity index (χ0) is 42.7. The Labute approximate surface area is 363 Å². The lowest BCUT2D eigenvalue weighted by Crippen LogP contribution is -2.37. The van der Waals surface area contributed by atoms with Gasteiger partial charge in [-0.15, -0.1) is 29.0 Å². The number of allylic oxidation sites excluding steroid dienone is 3. The number of nitrogens with zero attached hydrogens (tertiary/aromatic N) is 1. The molecule has 0 aliphatic carbocycles. The molecule has 1 aliphatic heterocycles. The highest BCUT2D eigenvalue weighted by atomic mass is 31.0. The van der Waals surface area contributed by atoms with E-state index in [2.05, 4.69) is 149 Å². The van der Waals surface area contributed by atoms with Crippen LogP contribution in [0, 0.1) is 5.92 Å². The van der Waals surface area contributed by atoms with Gasteiger partial charge in [-0.3, -0.25) is 0 Å². The van der Waals surface area contributed by atoms with Crippen molar-refractivity contribution in [3.8, 4) is 11.1 Å². The largest absolute Gasteiger partial charge is 0.475 e. The Morgan fingerprint density at radius 1 is 0.638 bits per heavy atom. The lowest BCUT2D eigenvalue weighted by Gasteiger charge is -2.36. The number of ether oxygens (including phenoxy) is 1. The summed E-state index contributed by atoms with van der Waals surface area (Å²) < 4.78 is 6.22. The van der Waals surface area contributed by atoms with E-state index in [1.165, 1.54) is 108 Å². The van der Waals surface area contributed by atoms with Crippen LogP contribution in [0.2, 0.25) is 99.7 Å². The standard InChI is InChI=1S/C45H75NOSi4.C6H7P/c1-12-27-48(6,7)30-19-34-51(35-20-31-49(8,9)28-13-2,36-21-32-50(10,11)29-14-3)33-18-22-40-25-26-42(45-46-44(38-47-45)39(4)5)43(37-40)41-23-16-15-17-24-41;7-6-4-2-1-3-5-6/h12-17,23-26,37,39,44H,1-3,18-22,27-36,38H2,4-11H3;1-5H,7H2/t44-;/m1./s1. The van der Waals surface area contributed by atoms with Crippen LogP contribution in [0.25, 0.3) is 11.1 Å². The van der Waals surface area contributed by atoms with Gasteiger partial charge in [0.25, 0.3) is 0 Å². The maximum Gasteiger partial charge on any atom is 0.217 e. The van der Waals surface area contributed by atoms with Gasteiger partial charge >= 0.3 is 0 Å². The molecule has 2 nitrogen and oxygen atoms in total. The zero-order valence-corrected chi connectivity index (χ0v) is 43.4. The second kappa shape index (κ2) is 24.8. The van der Waals surface area contributed by atoms with Gasteiger partial charge in [0.05, 0.1) is 38.3 Å². The first-order chi connectivity index (χ1) is 27.5. The molecule has 3 aromatic rings. The monoisotopic (exact) mass is 868 g/mol. The van der Waals surface area contributed by atoms with E-state index in [0.717, 1.165) is 17.9 Å². The Hall–Kier alpha value is -2.35. The van der Waals surface area contributed by atoms with E-state index in [1.807, 2.05) is 30.3 Å². The molecule has 0 amide bonds. The fourth-order valence-corrected chi connectivity index (χ4v) is 21.7. The number of aliphatic imine (C=N–C) groups is 1. The molecule has 0 fully saturated rings. The first-order valence-corrected chi connectivity index (χ1v) is 36.2. The smallest absolute Gasteiger partial charge is 0.217 e. The first-order valence-electron chi connectivity index (χ1n) is 22.6. The molecule has 7 heteroatoms. The Kier molecular flexibility index (Phi) is 21.4. The number of benzene rings is 3. The van der Waals surface area contributed by atoms with Crippen LogP contribution in [0.3, 0.4) is 0 Å². The first kappa shape index (κ1) is 50.0. The highest BCUT2D eigenvalue weighted by molar-refractivity contribution is 7.27. The SMILES string of the molecule is C=CC[Si](C)(C)CCC[Si](CCCc1ccc(C2=N[C@@H](C(C)C)CO2)c(-c2ccccc2)c1)(CCC[Si](C)(C)CC=C)CCC[Si](C)(C)CC=C.Pc1ccccc1. The van der Waals surface area contributed by atoms with Gasteiger partial charge < -0.3 is 4.74 Å². The average molecular weight is 869 g/mol. The number of hydrogen-bond donors (Lipinski definition) is 0. The van der Waals surface area contributed by atoms with Gasteiger partial charge in [0, 0.05) is 5.56 Å². The molecule has 0 bridgehead atoms. The van der Waals surface area contributed by atoms with Crippen molar-refractivity contribution in [1.29, 1.82) is 0 Å². The summed E-state index contributed by atoms with van der Waals surface area (Å²) in [5.41, 5.74) is 5.11. The maximum atomic E-state index is 6.22. The van der Waals surface area contributed by atoms with Crippen molar-refractivity contribution < 1.29 is 4.74 Å². The molecule has 1 heterocycles. The molecule has 58 heavy (non-hydrogen) atoms. The second-order valence-electron chi connectivity index (χ2n) is 20.1. The number of aryl methyl sites for hydroxylation is 1. The summed E-state index contributed by atoms with van der Waals surface area (Å²) in [6.45, 7) is 33.0. The van der Waals surface area contributed by atoms with E-state index in [0.29, 0.717) is 12.5 Å². The summed E-state index contributed by atoms with van der Waals surface area (Å²) in [7, 11) is -2.53. The van der Waals surface area contributed by atoms with E-state index >= 15 is 0 Å². The maximum absolute atomic E-state index is 6.22. The van der Waals surface area contributed by atoms with E-state index in [1.54, 1.807) is 0 Å². The van der Waals surface area contributed by atoms with Gasteiger partial charge in [-0.25, -0.2) is 4.99 Å². The van der Waals surface area contributed by atoms with E-state index < -0.39 is 32.3 Å². The van der Waals surface area contributed by atoms with Crippen molar-refractivity contribution in [1.82, 2.24) is 0 Å². The third-order valence-electron chi connectivity index (χ3n) is 12.6. The van der Waals surface area contributed by atoms with Crippen molar-refractivity contribution in [2.45, 2.75) is 152 Å². The summed E-state index contributed by atoms with van der Waals surface area (Å²) >= 11 is 0. The molecule has 1 aliphatic rings. The molecule has 318 valence electrons. The van der Waals surface area contributed by atoms with Gasteiger partial charge in [-0.05, 0) is 58.5 Å². The van der Waals surface area contributed by atoms with Crippen LogP contribution >= 0.6 is 9.24 Å². The summed E-state index contributed by atoms with van der Waals surface area (Å²) in [6, 6.07) is 42.5. The van der Waals surface area contributed by atoms with Crippen LogP contribution in [-0.2, 0) is 11.2 Å². The fourth-order valence-electron chi connectivity index (χ4n) is 8.84. The molecule has 0 aromatic heterocycles. The third-order valence-corrected chi connectivity index (χ3v) is 27.9. The summed E-state index contributed by atoms with van der Waals surface area (Å²) in [4.78, 5) is 5.03. The molecule has 0 saturated carbocycles. The molecular weight excluding hydrogens is 786 g/mol. The quantitative estimate of drug-likeness (QED) is 0.0472. The van der Waals surface area contributed by atoms with Crippen LogP contribution in [0.5, 0.6) is 0 Å². The highest BCUT2D eigenvalue weighted by Gasteiger charge is 2.34. The lowest BCUT2D eigenvalue weighted by molar-refractivity contribution is 0.292. The minimum atomic E-state index is -1.50. The van der Waals surface area contributed by atoms with Gasteiger partial charge in [-0.1, -0.05) is 212 Å². The van der Waals surface area contributed by atoms with Crippen LogP contribution in [-0.4, -0.2) is 50.8 Å². The molecule has 0 saturated heterocycles. The summed E-state index contributed by atoms with van der Waals surface area (Å²) in [6.07, 6.45) is 13.4. The van der Waals surface area contributed by atoms with E-state index in [9.17, 15) is 0 Å². The molecule has 0 spiro atoms. The van der Waals surface area contributed by atoms with Crippen molar-refractivity contribution in [3.63, 3.8) is 0 Å². The molecule has 0 radical (unpaired) electrons. The normalized spacial score (nSPS) is 14.7. The molecule has 3 aromatic carbocycles. The number of hydrogen-bond acceptors (Lipinski definition) is 2. The van der Waals surface area contributed by atoms with Crippen molar-refractivity contribution in [3.05, 3.63) is 128 Å².